The molecule has 0 aliphatic rings. The number of para-hydroxylation sites is 1. The summed E-state index contributed by atoms with van der Waals surface area (Å²) in [6.45, 7) is 8.26. The molecule has 0 atom stereocenters. The Hall–Kier alpha value is -3.02. The van der Waals surface area contributed by atoms with Crippen LogP contribution in [0.5, 0.6) is 17.2 Å². The molecule has 0 saturated heterocycles. The van der Waals surface area contributed by atoms with E-state index in [0.717, 1.165) is 11.1 Å². The number of hydrogen-bond acceptors (Lipinski definition) is 6. The normalized spacial score (nSPS) is 11.7. The average Bonchev–Trinajstić information content (AvgIpc) is 2.79. The minimum atomic E-state index is -0.388. The zero-order chi connectivity index (χ0) is 25.4. The third-order valence-corrected chi connectivity index (χ3v) is 6.35. The number of rotatable bonds is 12. The molecule has 6 heteroatoms. The van der Waals surface area contributed by atoms with Gasteiger partial charge in [0.25, 0.3) is 0 Å². The van der Waals surface area contributed by atoms with E-state index in [1.165, 1.54) is 14.2 Å². The molecule has 2 aromatic carbocycles. The molecule has 0 fully saturated rings. The van der Waals surface area contributed by atoms with E-state index in [4.69, 9.17) is 14.2 Å². The number of ether oxygens (including phenoxy) is 3. The molecular weight excluding hydrogens is 432 g/mol. The van der Waals surface area contributed by atoms with Gasteiger partial charge in [0.05, 0.1) is 14.2 Å². The van der Waals surface area contributed by atoms with Crippen LogP contribution in [-0.4, -0.2) is 31.3 Å². The molecule has 0 aromatic heterocycles. The number of esters is 2. The molecule has 1 N–H and O–H groups in total. The van der Waals surface area contributed by atoms with Crippen LogP contribution in [0.4, 0.5) is 0 Å². The predicted octanol–water partition coefficient (Wildman–Crippen LogP) is 6.43. The molecular formula is C28H38O6. The minimum absolute atomic E-state index is 0.194. The third-order valence-electron chi connectivity index (χ3n) is 6.35. The first-order valence-electron chi connectivity index (χ1n) is 11.7. The Kier molecular flexibility index (Phi) is 9.54. The topological polar surface area (TPSA) is 82.1 Å². The SMILES string of the molecule is COC(=O)CCCC(C)(C)c1cc(Oc2ccccc2)c(C(C)(C)CCCC(=O)OC)cc1O. The summed E-state index contributed by atoms with van der Waals surface area (Å²) in [7, 11) is 2.78. The van der Waals surface area contributed by atoms with E-state index >= 15 is 0 Å². The van der Waals surface area contributed by atoms with Gasteiger partial charge in [-0.05, 0) is 60.8 Å². The molecule has 0 saturated carbocycles. The van der Waals surface area contributed by atoms with Gasteiger partial charge in [0.15, 0.2) is 0 Å². The van der Waals surface area contributed by atoms with Crippen LogP contribution in [0.15, 0.2) is 42.5 Å². The number of phenols is 1. The second-order valence-corrected chi connectivity index (χ2v) is 9.91. The zero-order valence-corrected chi connectivity index (χ0v) is 21.3. The van der Waals surface area contributed by atoms with Crippen molar-refractivity contribution in [2.45, 2.75) is 77.0 Å². The maximum atomic E-state index is 11.6. The lowest BCUT2D eigenvalue weighted by Crippen LogP contribution is -2.22. The summed E-state index contributed by atoms with van der Waals surface area (Å²) in [5.41, 5.74) is 0.883. The molecule has 186 valence electrons. The van der Waals surface area contributed by atoms with Crippen LogP contribution < -0.4 is 4.74 Å². The smallest absolute Gasteiger partial charge is 0.305 e. The molecule has 34 heavy (non-hydrogen) atoms. The number of aromatic hydroxyl groups is 1. The monoisotopic (exact) mass is 470 g/mol. The van der Waals surface area contributed by atoms with Crippen LogP contribution in [-0.2, 0) is 29.9 Å². The zero-order valence-electron chi connectivity index (χ0n) is 21.3. The molecule has 0 aliphatic carbocycles. The van der Waals surface area contributed by atoms with Gasteiger partial charge >= 0.3 is 11.9 Å². The van der Waals surface area contributed by atoms with Gasteiger partial charge in [-0.2, -0.15) is 0 Å². The quantitative estimate of drug-likeness (QED) is 0.360. The predicted molar refractivity (Wildman–Crippen MR) is 132 cm³/mol. The summed E-state index contributed by atoms with van der Waals surface area (Å²) in [6.07, 6.45) is 3.39. The maximum Gasteiger partial charge on any atom is 0.305 e. The van der Waals surface area contributed by atoms with Crippen molar-refractivity contribution in [1.82, 2.24) is 0 Å². The van der Waals surface area contributed by atoms with E-state index in [9.17, 15) is 14.7 Å². The van der Waals surface area contributed by atoms with Gasteiger partial charge < -0.3 is 19.3 Å². The summed E-state index contributed by atoms with van der Waals surface area (Å²) in [6, 6.07) is 13.2. The lowest BCUT2D eigenvalue weighted by atomic mass is 9.75. The Morgan fingerprint density at radius 3 is 1.79 bits per heavy atom. The number of carbonyl (C=O) groups is 2. The van der Waals surface area contributed by atoms with Crippen molar-refractivity contribution >= 4 is 11.9 Å². The van der Waals surface area contributed by atoms with Crippen molar-refractivity contribution in [3.63, 3.8) is 0 Å². The van der Waals surface area contributed by atoms with Crippen LogP contribution in [0.25, 0.3) is 0 Å². The number of hydrogen-bond donors (Lipinski definition) is 1. The van der Waals surface area contributed by atoms with Crippen LogP contribution in [0, 0.1) is 0 Å². The van der Waals surface area contributed by atoms with E-state index in [2.05, 4.69) is 13.8 Å². The van der Waals surface area contributed by atoms with Crippen molar-refractivity contribution in [3.8, 4) is 17.2 Å². The Morgan fingerprint density at radius 1 is 0.794 bits per heavy atom. The first-order chi connectivity index (χ1) is 16.0. The summed E-state index contributed by atoms with van der Waals surface area (Å²) in [5.74, 6) is 1.09. The van der Waals surface area contributed by atoms with Crippen LogP contribution in [0.1, 0.15) is 77.3 Å². The average molecular weight is 471 g/mol. The molecule has 0 heterocycles. The summed E-state index contributed by atoms with van der Waals surface area (Å²) >= 11 is 0. The minimum Gasteiger partial charge on any atom is -0.508 e. The van der Waals surface area contributed by atoms with E-state index in [0.29, 0.717) is 50.0 Å². The molecule has 0 spiro atoms. The Morgan fingerprint density at radius 2 is 1.29 bits per heavy atom. The van der Waals surface area contributed by atoms with Gasteiger partial charge in [-0.15, -0.1) is 0 Å². The van der Waals surface area contributed by atoms with Crippen molar-refractivity contribution in [2.75, 3.05) is 14.2 Å². The standard InChI is InChI=1S/C28H38O6/c1-27(2,16-10-14-25(30)32-5)21-19-24(34-20-12-8-7-9-13-20)22(18-23(21)29)28(3,4)17-11-15-26(31)33-6/h7-9,12-13,18-19,29H,10-11,14-17H2,1-6H3. The number of methoxy groups -OCH3 is 2. The van der Waals surface area contributed by atoms with Crippen molar-refractivity contribution in [2.24, 2.45) is 0 Å². The van der Waals surface area contributed by atoms with Gasteiger partial charge in [0, 0.05) is 24.0 Å². The van der Waals surface area contributed by atoms with E-state index < -0.39 is 0 Å². The molecule has 2 rings (SSSR count). The fourth-order valence-electron chi connectivity index (χ4n) is 4.16. The number of carbonyl (C=O) groups excluding carboxylic acids is 2. The highest BCUT2D eigenvalue weighted by atomic mass is 16.5. The van der Waals surface area contributed by atoms with Gasteiger partial charge in [-0.3, -0.25) is 9.59 Å². The summed E-state index contributed by atoms with van der Waals surface area (Å²) < 4.78 is 15.8. The Balaban J connectivity index is 2.40. The largest absolute Gasteiger partial charge is 0.508 e. The van der Waals surface area contributed by atoms with Crippen molar-refractivity contribution < 1.29 is 28.9 Å². The Bertz CT molecular complexity index is 962. The molecule has 0 radical (unpaired) electrons. The van der Waals surface area contributed by atoms with Gasteiger partial charge in [0.2, 0.25) is 0 Å². The fourth-order valence-corrected chi connectivity index (χ4v) is 4.16. The summed E-state index contributed by atoms with van der Waals surface area (Å²) in [4.78, 5) is 23.1. The first-order valence-corrected chi connectivity index (χ1v) is 11.7. The second-order valence-electron chi connectivity index (χ2n) is 9.91. The van der Waals surface area contributed by atoms with Crippen molar-refractivity contribution in [3.05, 3.63) is 53.6 Å². The summed E-state index contributed by atoms with van der Waals surface area (Å²) in [5, 5.41) is 11.1. The van der Waals surface area contributed by atoms with Gasteiger partial charge in [0.1, 0.15) is 17.2 Å². The first kappa shape index (κ1) is 27.2. The highest BCUT2D eigenvalue weighted by Gasteiger charge is 2.31. The van der Waals surface area contributed by atoms with E-state index in [-0.39, 0.29) is 28.5 Å². The lowest BCUT2D eigenvalue weighted by Gasteiger charge is -2.31. The maximum absolute atomic E-state index is 11.6. The van der Waals surface area contributed by atoms with Crippen LogP contribution in [0.2, 0.25) is 0 Å². The van der Waals surface area contributed by atoms with Crippen LogP contribution >= 0.6 is 0 Å². The highest BCUT2D eigenvalue weighted by molar-refractivity contribution is 5.69. The van der Waals surface area contributed by atoms with E-state index in [1.54, 1.807) is 6.07 Å². The Labute approximate surface area is 203 Å². The highest BCUT2D eigenvalue weighted by Crippen LogP contribution is 2.45. The second kappa shape index (κ2) is 11.9. The number of benzene rings is 2. The molecule has 0 unspecified atom stereocenters. The molecule has 6 nitrogen and oxygen atoms in total. The molecule has 0 bridgehead atoms. The lowest BCUT2D eigenvalue weighted by molar-refractivity contribution is -0.141. The van der Waals surface area contributed by atoms with Gasteiger partial charge in [-0.25, -0.2) is 0 Å². The third kappa shape index (κ3) is 7.51. The number of phenolic OH excluding ortho intramolecular Hbond substituents is 1. The van der Waals surface area contributed by atoms with E-state index in [1.807, 2.05) is 50.2 Å². The fraction of sp³-hybridized carbons (Fsp3) is 0.500. The van der Waals surface area contributed by atoms with Crippen molar-refractivity contribution in [1.29, 1.82) is 0 Å². The molecule has 2 aromatic rings. The van der Waals surface area contributed by atoms with Crippen LogP contribution in [0.3, 0.4) is 0 Å². The molecule has 0 amide bonds. The molecule has 0 aliphatic heterocycles. The van der Waals surface area contributed by atoms with Gasteiger partial charge in [-0.1, -0.05) is 45.9 Å².